The quantitative estimate of drug-likeness (QED) is 0.0389. The van der Waals surface area contributed by atoms with Crippen molar-refractivity contribution in [3.63, 3.8) is 0 Å². The molecule has 1 aromatic heterocycles. The number of hydrogen-bond acceptors (Lipinski definition) is 19. The first-order valence-corrected chi connectivity index (χ1v) is 26.8. The monoisotopic (exact) mass is 1150 g/mol. The van der Waals surface area contributed by atoms with E-state index in [1.54, 1.807) is 114 Å². The van der Waals surface area contributed by atoms with Crippen LogP contribution in [0.2, 0.25) is 0 Å². The maximum atomic E-state index is 15.0. The van der Waals surface area contributed by atoms with Crippen LogP contribution in [0.25, 0.3) is 11.3 Å². The topological polar surface area (TPSA) is 264 Å². The summed E-state index contributed by atoms with van der Waals surface area (Å²) in [6, 6.07) is 15.3. The fraction of sp³-hybridized carbons (Fsp3) is 0.638. The summed E-state index contributed by atoms with van der Waals surface area (Å²) in [6.07, 6.45) is -2.65. The van der Waals surface area contributed by atoms with Crippen LogP contribution < -0.4 is 21.4 Å². The Kier molecular flexibility index (Phi) is 28.8. The molecule has 0 aliphatic rings. The number of aliphatic hydroxyl groups is 1. The van der Waals surface area contributed by atoms with Crippen molar-refractivity contribution in [2.45, 2.75) is 78.5 Å². The number of ether oxygens (including phenoxy) is 12. The lowest BCUT2D eigenvalue weighted by Crippen LogP contribution is -2.61. The number of alkyl carbamates (subject to hydrolysis) is 2. The molecule has 0 fully saturated rings. The molecule has 23 heteroatoms. The van der Waals surface area contributed by atoms with Gasteiger partial charge in [-0.3, -0.25) is 20.0 Å². The molecule has 5 N–H and O–H groups in total. The van der Waals surface area contributed by atoms with Gasteiger partial charge in [0.2, 0.25) is 5.91 Å². The number of rotatable bonds is 44. The summed E-state index contributed by atoms with van der Waals surface area (Å²) in [5, 5.41) is 20.8. The number of nitrogens with one attached hydrogen (secondary N) is 4. The first kappa shape index (κ1) is 56.1. The molecule has 3 aromatic rings. The van der Waals surface area contributed by atoms with E-state index >= 15 is 0 Å². The highest BCUT2D eigenvalue weighted by Crippen LogP contribution is 2.23. The largest absolute Gasteiger partial charge is 0.447 e. The van der Waals surface area contributed by atoms with E-state index in [1.165, 1.54) is 0 Å². The van der Waals surface area contributed by atoms with Crippen molar-refractivity contribution < 1.29 is 93.5 Å². The van der Waals surface area contributed by atoms with Crippen LogP contribution in [0, 0.1) is 10.8 Å². The smallest absolute Gasteiger partial charge is 0.407 e. The normalized spacial score (nSPS) is 15.4. The molecule has 4 atom stereocenters. The van der Waals surface area contributed by atoms with Gasteiger partial charge < -0.3 is 77.9 Å². The Labute approximate surface area is 491 Å². The molecule has 0 saturated heterocycles. The summed E-state index contributed by atoms with van der Waals surface area (Å²) >= 11 is 0. The van der Waals surface area contributed by atoms with Gasteiger partial charge in [0.15, 0.2) is 0 Å². The molecule has 0 saturated carbocycles. The maximum absolute atomic E-state index is 15.0. The van der Waals surface area contributed by atoms with Crippen LogP contribution >= 0.6 is 0 Å². The van der Waals surface area contributed by atoms with Crippen LogP contribution in [0.5, 0.6) is 0 Å². The third-order valence-electron chi connectivity index (χ3n) is 11.4. The Bertz CT molecular complexity index is 2420. The molecular formula is C58H92N6O17. The van der Waals surface area contributed by atoms with Crippen molar-refractivity contribution in [1.82, 2.24) is 31.4 Å². The van der Waals surface area contributed by atoms with E-state index in [1.807, 2.05) is 5.32 Å². The Morgan fingerprint density at radius 2 is 0.963 bits per heavy atom. The van der Waals surface area contributed by atoms with E-state index in [-0.39, 0.29) is 72.4 Å². The van der Waals surface area contributed by atoms with E-state index in [9.17, 15) is 24.3 Å². The first-order chi connectivity index (χ1) is 42.8. The second-order valence-corrected chi connectivity index (χ2v) is 19.1. The molecule has 0 aliphatic heterocycles. The number of methoxy groups -OCH3 is 2. The highest BCUT2D eigenvalue weighted by molar-refractivity contribution is 5.87. The molecule has 0 aliphatic carbocycles. The zero-order valence-electron chi connectivity index (χ0n) is 56.5. The summed E-state index contributed by atoms with van der Waals surface area (Å²) in [6.45, 7) is -3.69. The van der Waals surface area contributed by atoms with Gasteiger partial charge in [0, 0.05) is 51.4 Å². The molecule has 81 heavy (non-hydrogen) atoms. The lowest BCUT2D eigenvalue weighted by molar-refractivity contribution is -0.132. The van der Waals surface area contributed by atoms with Gasteiger partial charge in [0.1, 0.15) is 25.3 Å². The van der Waals surface area contributed by atoms with Gasteiger partial charge in [0.05, 0.1) is 137 Å². The summed E-state index contributed by atoms with van der Waals surface area (Å²) in [5.74, 6) is -2.40. The van der Waals surface area contributed by atoms with E-state index in [4.69, 9.17) is 69.2 Å². The predicted octanol–water partition coefficient (Wildman–Crippen LogP) is 4.38. The standard InChI is InChI=1S/C58H92N6O17/c1-57(2,3)51(61-55(68)80-40-38-78-36-34-76-32-30-74-28-26-72-24-22-70-7)53(66)60-49(42-45-14-10-9-11-15-45)50(65)44-64(43-46-17-19-47(20-18-46)48-16-12-13-21-59-48)63-54(67)52(58(4,5)6)62-56(69)81-41-39-79-37-35-77-33-31-75-29-27-73-25-23-71-8/h9-21,49-52,65H,22-44H2,1-8H3,(H,60,66)(H,61,68)(H,62,69)(H,63,67)/t49-,50-,51+,52+/m0/s1/i4D3,5D3,6D3. The minimum atomic E-state index is -4.02. The Morgan fingerprint density at radius 1 is 0.531 bits per heavy atom. The molecule has 0 radical (unpaired) electrons. The highest BCUT2D eigenvalue weighted by Gasteiger charge is 2.37. The van der Waals surface area contributed by atoms with Crippen molar-refractivity contribution in [2.24, 2.45) is 10.8 Å². The zero-order valence-corrected chi connectivity index (χ0v) is 47.5. The fourth-order valence-corrected chi connectivity index (χ4v) is 7.23. The molecule has 4 amide bonds. The third kappa shape index (κ3) is 32.1. The van der Waals surface area contributed by atoms with Crippen LogP contribution in [0.15, 0.2) is 79.0 Å². The Morgan fingerprint density at radius 3 is 1.38 bits per heavy atom. The molecule has 0 unspecified atom stereocenters. The molecule has 0 bridgehead atoms. The third-order valence-corrected chi connectivity index (χ3v) is 11.4. The number of pyridine rings is 1. The Balaban J connectivity index is 1.87. The molecule has 3 rings (SSSR count). The number of amides is 4. The fourth-order valence-electron chi connectivity index (χ4n) is 7.23. The number of carbonyl (C=O) groups is 4. The molecular weight excluding hydrogens is 1050 g/mol. The Hall–Kier alpha value is -5.41. The summed E-state index contributed by atoms with van der Waals surface area (Å²) in [5.41, 5.74) is -0.185. The highest BCUT2D eigenvalue weighted by atomic mass is 16.6. The second kappa shape index (κ2) is 41.6. The molecule has 0 spiro atoms. The minimum Gasteiger partial charge on any atom is -0.447 e. The summed E-state index contributed by atoms with van der Waals surface area (Å²) in [7, 11) is 3.16. The average Bonchev–Trinajstić information content (AvgIpc) is 0.715. The number of carbonyl (C=O) groups excluding carboxylic acids is 4. The van der Waals surface area contributed by atoms with Crippen LogP contribution in [-0.2, 0) is 79.4 Å². The van der Waals surface area contributed by atoms with Gasteiger partial charge in [-0.15, -0.1) is 0 Å². The summed E-state index contributed by atoms with van der Waals surface area (Å²) < 4.78 is 140. The number of nitrogens with zero attached hydrogens (tertiary/aromatic N) is 2. The van der Waals surface area contributed by atoms with E-state index in [2.05, 4.69) is 21.0 Å². The first-order valence-electron chi connectivity index (χ1n) is 31.3. The van der Waals surface area contributed by atoms with Crippen LogP contribution in [0.4, 0.5) is 9.59 Å². The molecule has 456 valence electrons. The number of hydrazine groups is 1. The van der Waals surface area contributed by atoms with Crippen molar-refractivity contribution >= 4 is 24.0 Å². The van der Waals surface area contributed by atoms with Crippen molar-refractivity contribution in [2.75, 3.05) is 153 Å². The van der Waals surface area contributed by atoms with Gasteiger partial charge in [-0.2, -0.15) is 0 Å². The number of hydrogen-bond donors (Lipinski definition) is 5. The van der Waals surface area contributed by atoms with Gasteiger partial charge in [0.25, 0.3) is 5.91 Å². The molecule has 1 heterocycles. The number of benzene rings is 2. The predicted molar refractivity (Wildman–Crippen MR) is 302 cm³/mol. The lowest BCUT2D eigenvalue weighted by Gasteiger charge is -2.36. The SMILES string of the molecule is [2H]C([2H])([2H])C([C@H](NC(=O)OCCOCCOCCOCCOCCOC)C(=O)NN(Cc1ccc(-c2ccccn2)cc1)C[C@H](O)[C@H](Cc1ccccc1)NC(=O)[C@@H](NC(=O)OCCOCCOCCOCCOCCOC)C(C)(C)C)(C([2H])([2H])[2H])C([2H])([2H])[2H]. The van der Waals surface area contributed by atoms with Gasteiger partial charge in [-0.25, -0.2) is 14.6 Å². The minimum absolute atomic E-state index is 0.00830. The van der Waals surface area contributed by atoms with Crippen molar-refractivity contribution in [3.8, 4) is 11.3 Å². The summed E-state index contributed by atoms with van der Waals surface area (Å²) in [4.78, 5) is 60.7. The van der Waals surface area contributed by atoms with Gasteiger partial charge >= 0.3 is 12.2 Å². The number of aliphatic hydroxyl groups excluding tert-OH is 1. The van der Waals surface area contributed by atoms with E-state index in [0.717, 1.165) is 5.01 Å². The molecule has 23 nitrogen and oxygen atoms in total. The van der Waals surface area contributed by atoms with Crippen molar-refractivity contribution in [3.05, 3.63) is 90.1 Å². The maximum Gasteiger partial charge on any atom is 0.407 e. The van der Waals surface area contributed by atoms with E-state index < -0.39 is 92.8 Å². The van der Waals surface area contributed by atoms with Crippen LogP contribution in [0.3, 0.4) is 0 Å². The van der Waals surface area contributed by atoms with E-state index in [0.29, 0.717) is 88.5 Å². The lowest BCUT2D eigenvalue weighted by atomic mass is 9.85. The number of aromatic nitrogens is 1. The van der Waals surface area contributed by atoms with Gasteiger partial charge in [-0.05, 0) is 40.5 Å². The van der Waals surface area contributed by atoms with Crippen molar-refractivity contribution in [1.29, 1.82) is 0 Å². The average molecular weight is 1150 g/mol. The van der Waals surface area contributed by atoms with Crippen LogP contribution in [-0.4, -0.2) is 216 Å². The van der Waals surface area contributed by atoms with Gasteiger partial charge in [-0.1, -0.05) is 102 Å². The second-order valence-electron chi connectivity index (χ2n) is 19.1. The van der Waals surface area contributed by atoms with Crippen LogP contribution in [0.1, 0.15) is 64.8 Å². The zero-order chi connectivity index (χ0) is 66.5. The molecule has 2 aromatic carbocycles.